The Hall–Kier alpha value is -3.87. The van der Waals surface area contributed by atoms with Crippen molar-refractivity contribution in [3.05, 3.63) is 29.8 Å². The van der Waals surface area contributed by atoms with E-state index in [1.807, 2.05) is 45.0 Å². The zero-order valence-electron chi connectivity index (χ0n) is 32.2. The van der Waals surface area contributed by atoms with Crippen molar-refractivity contribution < 1.29 is 42.9 Å². The van der Waals surface area contributed by atoms with Crippen molar-refractivity contribution >= 4 is 29.8 Å². The van der Waals surface area contributed by atoms with Gasteiger partial charge in [0.25, 0.3) is 0 Å². The molecule has 0 bridgehead atoms. The first-order valence-electron chi connectivity index (χ1n) is 17.3. The Morgan fingerprint density at radius 2 is 1.14 bits per heavy atom. The molecule has 0 aliphatic carbocycles. The molecule has 1 rings (SSSR count). The Labute approximate surface area is 298 Å². The Bertz CT molecular complexity index is 1270. The first-order chi connectivity index (χ1) is 22.7. The summed E-state index contributed by atoms with van der Waals surface area (Å²) in [4.78, 5) is 64.1. The summed E-state index contributed by atoms with van der Waals surface area (Å²) < 4.78 is 22.2. The van der Waals surface area contributed by atoms with Crippen LogP contribution >= 0.6 is 0 Å². The highest BCUT2D eigenvalue weighted by Crippen LogP contribution is 2.19. The van der Waals surface area contributed by atoms with Gasteiger partial charge in [-0.2, -0.15) is 0 Å². The summed E-state index contributed by atoms with van der Waals surface area (Å²) in [5.74, 6) is -1.49. The van der Waals surface area contributed by atoms with Gasteiger partial charge in [0.15, 0.2) is 0 Å². The molecule has 0 saturated carbocycles. The lowest BCUT2D eigenvalue weighted by atomic mass is 10.1. The smallest absolute Gasteiger partial charge is 0.329 e. The minimum Gasteiger partial charge on any atom is -0.488 e. The number of carbonyl (C=O) groups is 5. The SMILES string of the molecule is CC(C)(C)OC(=O)CC[C@H](NC(=O)N[C@@H](CCCCNC(=O)[C@H](N)Cc1ccc(OC(C)(C)C)cc1)C(=O)OC(C)(C)C)C(=O)OC(C)(C)C. The van der Waals surface area contributed by atoms with E-state index in [9.17, 15) is 24.0 Å². The molecule has 0 fully saturated rings. The van der Waals surface area contributed by atoms with E-state index in [0.717, 1.165) is 11.3 Å². The van der Waals surface area contributed by atoms with Crippen molar-refractivity contribution in [3.63, 3.8) is 0 Å². The zero-order chi connectivity index (χ0) is 38.5. The molecule has 13 nitrogen and oxygen atoms in total. The molecule has 13 heteroatoms. The number of ether oxygens (including phenoxy) is 4. The molecule has 0 heterocycles. The van der Waals surface area contributed by atoms with E-state index in [-0.39, 0.29) is 30.8 Å². The Morgan fingerprint density at radius 1 is 0.660 bits per heavy atom. The molecular weight excluding hydrogens is 644 g/mol. The van der Waals surface area contributed by atoms with E-state index >= 15 is 0 Å². The molecule has 0 spiro atoms. The second-order valence-electron chi connectivity index (χ2n) is 16.4. The average Bonchev–Trinajstić information content (AvgIpc) is 2.91. The number of rotatable bonds is 16. The fourth-order valence-corrected chi connectivity index (χ4v) is 4.47. The van der Waals surface area contributed by atoms with Crippen LogP contribution in [0.4, 0.5) is 4.79 Å². The Balaban J connectivity index is 2.79. The summed E-state index contributed by atoms with van der Waals surface area (Å²) in [6.45, 7) is 21.6. The number of unbranched alkanes of at least 4 members (excludes halogenated alkanes) is 1. The normalized spacial score (nSPS) is 14.0. The summed E-state index contributed by atoms with van der Waals surface area (Å²) in [6, 6.07) is 3.66. The van der Waals surface area contributed by atoms with Crippen LogP contribution in [0.15, 0.2) is 24.3 Å². The topological polar surface area (TPSA) is 184 Å². The van der Waals surface area contributed by atoms with Crippen LogP contribution in [-0.2, 0) is 39.8 Å². The second-order valence-corrected chi connectivity index (χ2v) is 16.4. The number of benzene rings is 1. The number of urea groups is 1. The van der Waals surface area contributed by atoms with Gasteiger partial charge in [-0.1, -0.05) is 12.1 Å². The largest absolute Gasteiger partial charge is 0.488 e. The van der Waals surface area contributed by atoms with E-state index in [2.05, 4.69) is 16.0 Å². The van der Waals surface area contributed by atoms with Crippen LogP contribution in [0.1, 0.15) is 121 Å². The average molecular weight is 707 g/mol. The summed E-state index contributed by atoms with van der Waals surface area (Å²) in [7, 11) is 0. The highest BCUT2D eigenvalue weighted by molar-refractivity contribution is 5.87. The van der Waals surface area contributed by atoms with Gasteiger partial charge in [0.05, 0.1) is 6.04 Å². The Morgan fingerprint density at radius 3 is 1.60 bits per heavy atom. The predicted molar refractivity (Wildman–Crippen MR) is 191 cm³/mol. The van der Waals surface area contributed by atoms with Crippen LogP contribution in [-0.4, -0.2) is 76.9 Å². The molecule has 1 aromatic carbocycles. The van der Waals surface area contributed by atoms with Gasteiger partial charge in [-0.25, -0.2) is 14.4 Å². The van der Waals surface area contributed by atoms with E-state index in [0.29, 0.717) is 25.8 Å². The summed E-state index contributed by atoms with van der Waals surface area (Å²) in [5, 5.41) is 7.99. The van der Waals surface area contributed by atoms with Crippen LogP contribution < -0.4 is 26.4 Å². The third-order valence-electron chi connectivity index (χ3n) is 6.41. The Kier molecular flexibility index (Phi) is 16.7. The fourth-order valence-electron chi connectivity index (χ4n) is 4.47. The van der Waals surface area contributed by atoms with Crippen LogP contribution in [0.25, 0.3) is 0 Å². The number of carbonyl (C=O) groups excluding carboxylic acids is 5. The van der Waals surface area contributed by atoms with Crippen LogP contribution in [0.3, 0.4) is 0 Å². The molecule has 0 aliphatic rings. The first-order valence-corrected chi connectivity index (χ1v) is 17.3. The lowest BCUT2D eigenvalue weighted by molar-refractivity contribution is -0.159. The van der Waals surface area contributed by atoms with Crippen molar-refractivity contribution in [2.75, 3.05) is 6.54 Å². The molecule has 0 unspecified atom stereocenters. The predicted octanol–water partition coefficient (Wildman–Crippen LogP) is 4.86. The number of esters is 3. The molecule has 3 atom stereocenters. The highest BCUT2D eigenvalue weighted by atomic mass is 16.6. The monoisotopic (exact) mass is 706 g/mol. The molecule has 0 radical (unpaired) electrons. The molecule has 50 heavy (non-hydrogen) atoms. The van der Waals surface area contributed by atoms with Gasteiger partial charge < -0.3 is 40.6 Å². The highest BCUT2D eigenvalue weighted by Gasteiger charge is 2.31. The van der Waals surface area contributed by atoms with Gasteiger partial charge in [-0.15, -0.1) is 0 Å². The molecular formula is C37H62N4O9. The maximum atomic E-state index is 13.1. The lowest BCUT2D eigenvalue weighted by Crippen LogP contribution is -2.53. The second kappa shape index (κ2) is 18.9. The molecule has 0 aliphatic heterocycles. The minimum absolute atomic E-state index is 0.0763. The molecule has 1 aromatic rings. The van der Waals surface area contributed by atoms with Crippen LogP contribution in [0.5, 0.6) is 5.75 Å². The van der Waals surface area contributed by atoms with Gasteiger partial charge in [-0.05, 0) is 133 Å². The minimum atomic E-state index is -1.18. The van der Waals surface area contributed by atoms with Crippen LogP contribution in [0.2, 0.25) is 0 Å². The van der Waals surface area contributed by atoms with Gasteiger partial charge in [0.2, 0.25) is 5.91 Å². The number of hydrogen-bond donors (Lipinski definition) is 4. The number of hydrogen-bond acceptors (Lipinski definition) is 10. The van der Waals surface area contributed by atoms with Gasteiger partial charge in [0.1, 0.15) is 40.2 Å². The molecule has 284 valence electrons. The maximum absolute atomic E-state index is 13.1. The molecule has 3 amide bonds. The van der Waals surface area contributed by atoms with E-state index in [4.69, 9.17) is 24.7 Å². The third-order valence-corrected chi connectivity index (χ3v) is 6.41. The van der Waals surface area contributed by atoms with Crippen molar-refractivity contribution in [2.45, 2.75) is 162 Å². The van der Waals surface area contributed by atoms with Crippen molar-refractivity contribution in [1.29, 1.82) is 0 Å². The van der Waals surface area contributed by atoms with E-state index < -0.39 is 58.9 Å². The summed E-state index contributed by atoms with van der Waals surface area (Å²) in [6.07, 6.45) is 1.27. The van der Waals surface area contributed by atoms with Crippen molar-refractivity contribution in [3.8, 4) is 5.75 Å². The van der Waals surface area contributed by atoms with Gasteiger partial charge in [-0.3, -0.25) is 9.59 Å². The first kappa shape index (κ1) is 44.2. The zero-order valence-corrected chi connectivity index (χ0v) is 32.2. The number of amides is 3. The maximum Gasteiger partial charge on any atom is 0.329 e. The molecule has 5 N–H and O–H groups in total. The van der Waals surface area contributed by atoms with Gasteiger partial charge in [0, 0.05) is 13.0 Å². The third kappa shape index (κ3) is 20.6. The van der Waals surface area contributed by atoms with Crippen LogP contribution in [0, 0.1) is 0 Å². The van der Waals surface area contributed by atoms with E-state index in [1.54, 1.807) is 62.3 Å². The summed E-state index contributed by atoms with van der Waals surface area (Å²) >= 11 is 0. The van der Waals surface area contributed by atoms with Gasteiger partial charge >= 0.3 is 23.9 Å². The van der Waals surface area contributed by atoms with Crippen molar-refractivity contribution in [2.24, 2.45) is 5.73 Å². The standard InChI is InChI=1S/C37H62N4O9/c1-34(2,3)47-25-18-16-24(17-19-25)23-26(38)30(43)39-22-14-13-15-27(31(44)49-36(7,8)9)40-33(46)41-28(32(45)50-37(10,11)12)20-21-29(42)48-35(4,5)6/h16-19,26-28H,13-15,20-23,38H2,1-12H3,(H,39,43)(H2,40,41,46)/t26-,27+,28+/m1/s1. The molecule has 0 saturated heterocycles. The molecule has 0 aromatic heterocycles. The lowest BCUT2D eigenvalue weighted by Gasteiger charge is -2.27. The summed E-state index contributed by atoms with van der Waals surface area (Å²) in [5.41, 5.74) is 4.36. The van der Waals surface area contributed by atoms with Crippen molar-refractivity contribution in [1.82, 2.24) is 16.0 Å². The number of nitrogens with two attached hydrogens (primary N) is 1. The fraction of sp³-hybridized carbons (Fsp3) is 0.703. The quantitative estimate of drug-likeness (QED) is 0.105. The number of nitrogens with one attached hydrogen (secondary N) is 3. The van der Waals surface area contributed by atoms with E-state index in [1.165, 1.54) is 0 Å².